The third-order valence-corrected chi connectivity index (χ3v) is 1.70. The first-order valence-electron chi connectivity index (χ1n) is 3.73. The van der Waals surface area contributed by atoms with E-state index in [4.69, 9.17) is 0 Å². The van der Waals surface area contributed by atoms with Gasteiger partial charge in [0.15, 0.2) is 11.6 Å². The number of benzene rings is 1. The summed E-state index contributed by atoms with van der Waals surface area (Å²) in [5, 5.41) is 0. The van der Waals surface area contributed by atoms with Crippen molar-refractivity contribution in [2.45, 2.75) is 13.8 Å². The van der Waals surface area contributed by atoms with Crippen molar-refractivity contribution < 1.29 is 9.59 Å². The SMILES string of the molecule is CC(=O)c1ccc(C([11CH3])=O)cc1. The molecule has 2 heteroatoms. The summed E-state index contributed by atoms with van der Waals surface area (Å²) in [6, 6.07) is 6.66. The van der Waals surface area contributed by atoms with E-state index in [-0.39, 0.29) is 11.6 Å². The van der Waals surface area contributed by atoms with E-state index in [0.29, 0.717) is 11.1 Å². The lowest BCUT2D eigenvalue weighted by Crippen LogP contribution is -1.95. The lowest BCUT2D eigenvalue weighted by Gasteiger charge is -1.96. The summed E-state index contributed by atoms with van der Waals surface area (Å²) in [7, 11) is 0. The Morgan fingerprint density at radius 2 is 1.08 bits per heavy atom. The number of ketones is 2. The number of hydrogen-bond donors (Lipinski definition) is 0. The lowest BCUT2D eigenvalue weighted by atomic mass is 9.99. The van der Waals surface area contributed by atoms with Crippen molar-refractivity contribution in [3.63, 3.8) is 0 Å². The van der Waals surface area contributed by atoms with Crippen LogP contribution in [-0.4, -0.2) is 11.6 Å². The van der Waals surface area contributed by atoms with Crippen LogP contribution >= 0.6 is 0 Å². The molecule has 0 saturated heterocycles. The van der Waals surface area contributed by atoms with Crippen molar-refractivity contribution in [2.75, 3.05) is 0 Å². The summed E-state index contributed by atoms with van der Waals surface area (Å²) in [5.74, 6) is 0.0372. The predicted octanol–water partition coefficient (Wildman–Crippen LogP) is 2.09. The van der Waals surface area contributed by atoms with Gasteiger partial charge < -0.3 is 0 Å². The van der Waals surface area contributed by atoms with Crippen LogP contribution in [0.15, 0.2) is 24.3 Å². The van der Waals surface area contributed by atoms with E-state index in [1.165, 1.54) is 13.8 Å². The quantitative estimate of drug-likeness (QED) is 0.622. The van der Waals surface area contributed by atoms with Crippen molar-refractivity contribution in [3.05, 3.63) is 35.4 Å². The van der Waals surface area contributed by atoms with Crippen LogP contribution in [0, 0.1) is 0 Å². The van der Waals surface area contributed by atoms with Gasteiger partial charge >= 0.3 is 0 Å². The normalized spacial score (nSPS) is 9.50. The number of hydrogen-bond acceptors (Lipinski definition) is 2. The standard InChI is InChI=1S/C10H10O2/c1-7(11)9-3-5-10(6-4-9)8(2)12/h3-6H,1-2H3/i1-1. The molecule has 0 heterocycles. The molecule has 1 aromatic rings. The molecule has 1 rings (SSSR count). The van der Waals surface area contributed by atoms with Crippen LogP contribution in [0.2, 0.25) is 0 Å². The van der Waals surface area contributed by atoms with Gasteiger partial charge in [-0.3, -0.25) is 9.59 Å². The predicted molar refractivity (Wildman–Crippen MR) is 46.5 cm³/mol. The summed E-state index contributed by atoms with van der Waals surface area (Å²) in [4.78, 5) is 21.7. The van der Waals surface area contributed by atoms with Gasteiger partial charge in [-0.25, -0.2) is 0 Å². The molecule has 0 aliphatic heterocycles. The Morgan fingerprint density at radius 3 is 1.25 bits per heavy atom. The molecule has 0 aromatic heterocycles. The van der Waals surface area contributed by atoms with Gasteiger partial charge in [0.05, 0.1) is 0 Å². The molecule has 62 valence electrons. The molecule has 0 amide bonds. The molecule has 0 bridgehead atoms. The Labute approximate surface area is 71.2 Å². The molecule has 0 N–H and O–H groups in total. The zero-order valence-corrected chi connectivity index (χ0v) is 7.13. The van der Waals surface area contributed by atoms with E-state index in [2.05, 4.69) is 0 Å². The lowest BCUT2D eigenvalue weighted by molar-refractivity contribution is 0.100. The van der Waals surface area contributed by atoms with Crippen molar-refractivity contribution in [1.29, 1.82) is 0 Å². The second-order valence-corrected chi connectivity index (χ2v) is 2.69. The third kappa shape index (κ3) is 1.78. The van der Waals surface area contributed by atoms with Crippen LogP contribution < -0.4 is 0 Å². The minimum absolute atomic E-state index is 0.0186. The molecule has 0 spiro atoms. The largest absolute Gasteiger partial charge is 0.295 e. The maximum atomic E-state index is 10.8. The number of carbonyl (C=O) groups is 2. The minimum atomic E-state index is 0.0186. The van der Waals surface area contributed by atoms with E-state index in [0.717, 1.165) is 0 Å². The second kappa shape index (κ2) is 3.30. The highest BCUT2D eigenvalue weighted by molar-refractivity contribution is 5.97. The maximum Gasteiger partial charge on any atom is 0.159 e. The van der Waals surface area contributed by atoms with E-state index in [1.54, 1.807) is 24.3 Å². The minimum Gasteiger partial charge on any atom is -0.295 e. The van der Waals surface area contributed by atoms with Gasteiger partial charge in [-0.15, -0.1) is 0 Å². The monoisotopic (exact) mass is 161 g/mol. The van der Waals surface area contributed by atoms with Crippen molar-refractivity contribution in [1.82, 2.24) is 0 Å². The Balaban J connectivity index is 3.01. The zero-order valence-electron chi connectivity index (χ0n) is 7.13. The van der Waals surface area contributed by atoms with Crippen LogP contribution in [0.4, 0.5) is 0 Å². The number of Topliss-reactive ketones (excluding diaryl/α,β-unsaturated/α-hetero) is 2. The summed E-state index contributed by atoms with van der Waals surface area (Å²) in [6.07, 6.45) is 0. The molecule has 0 aliphatic rings. The summed E-state index contributed by atoms with van der Waals surface area (Å²) in [5.41, 5.74) is 1.28. The van der Waals surface area contributed by atoms with Crippen LogP contribution in [-0.2, 0) is 0 Å². The molecule has 12 heavy (non-hydrogen) atoms. The summed E-state index contributed by atoms with van der Waals surface area (Å²) < 4.78 is 0. The van der Waals surface area contributed by atoms with Gasteiger partial charge in [0.1, 0.15) is 0 Å². The summed E-state index contributed by atoms with van der Waals surface area (Å²) in [6.45, 7) is 3.01. The van der Waals surface area contributed by atoms with Crippen molar-refractivity contribution in [3.8, 4) is 0 Å². The zero-order chi connectivity index (χ0) is 9.14. The molecule has 0 atom stereocenters. The molecular formula is C10H10O2. The van der Waals surface area contributed by atoms with Gasteiger partial charge in [-0.1, -0.05) is 24.3 Å². The molecule has 0 saturated carbocycles. The second-order valence-electron chi connectivity index (χ2n) is 2.69. The molecule has 0 unspecified atom stereocenters. The van der Waals surface area contributed by atoms with Gasteiger partial charge in [0, 0.05) is 11.1 Å². The fourth-order valence-corrected chi connectivity index (χ4v) is 0.940. The highest BCUT2D eigenvalue weighted by Gasteiger charge is 2.00. The highest BCUT2D eigenvalue weighted by Crippen LogP contribution is 2.05. The Bertz CT molecular complexity index is 276. The third-order valence-electron chi connectivity index (χ3n) is 1.70. The topological polar surface area (TPSA) is 34.1 Å². The van der Waals surface area contributed by atoms with Crippen molar-refractivity contribution >= 4 is 11.6 Å². The van der Waals surface area contributed by atoms with Gasteiger partial charge in [0.25, 0.3) is 0 Å². The van der Waals surface area contributed by atoms with Gasteiger partial charge in [-0.05, 0) is 13.8 Å². The van der Waals surface area contributed by atoms with Crippen LogP contribution in [0.5, 0.6) is 0 Å². The molecule has 0 fully saturated rings. The Kier molecular flexibility index (Phi) is 2.38. The number of rotatable bonds is 2. The fourth-order valence-electron chi connectivity index (χ4n) is 0.940. The van der Waals surface area contributed by atoms with Crippen LogP contribution in [0.3, 0.4) is 0 Å². The average Bonchev–Trinajstić information content (AvgIpc) is 2.04. The van der Waals surface area contributed by atoms with Crippen molar-refractivity contribution in [2.24, 2.45) is 0 Å². The Hall–Kier alpha value is -1.44. The maximum absolute atomic E-state index is 10.8. The molecular weight excluding hydrogens is 151 g/mol. The summed E-state index contributed by atoms with van der Waals surface area (Å²) >= 11 is 0. The van der Waals surface area contributed by atoms with E-state index < -0.39 is 0 Å². The molecule has 1 aromatic carbocycles. The fraction of sp³-hybridized carbons (Fsp3) is 0.200. The van der Waals surface area contributed by atoms with Gasteiger partial charge in [0.2, 0.25) is 0 Å². The molecule has 0 aliphatic carbocycles. The average molecular weight is 161 g/mol. The molecule has 0 radical (unpaired) electrons. The van der Waals surface area contributed by atoms with E-state index >= 15 is 0 Å². The first-order chi connectivity index (χ1) is 5.61. The molecule has 2 nitrogen and oxygen atoms in total. The first-order valence-corrected chi connectivity index (χ1v) is 3.73. The first kappa shape index (κ1) is 8.65. The Morgan fingerprint density at radius 1 is 0.833 bits per heavy atom. The van der Waals surface area contributed by atoms with E-state index in [9.17, 15) is 9.59 Å². The van der Waals surface area contributed by atoms with E-state index in [1.807, 2.05) is 0 Å². The van der Waals surface area contributed by atoms with Gasteiger partial charge in [-0.2, -0.15) is 0 Å². The number of carbonyl (C=O) groups excluding carboxylic acids is 2. The van der Waals surface area contributed by atoms with Crippen LogP contribution in [0.25, 0.3) is 0 Å². The highest BCUT2D eigenvalue weighted by atomic mass is 16.1. The van der Waals surface area contributed by atoms with Crippen LogP contribution in [0.1, 0.15) is 34.6 Å². The smallest absolute Gasteiger partial charge is 0.159 e.